The predicted molar refractivity (Wildman–Crippen MR) is 52.9 cm³/mol. The Kier molecular flexibility index (Phi) is 5.22. The van der Waals surface area contributed by atoms with Gasteiger partial charge in [0.05, 0.1) is 13.2 Å². The van der Waals surface area contributed by atoms with E-state index in [2.05, 4.69) is 0 Å². The van der Waals surface area contributed by atoms with Crippen molar-refractivity contribution in [1.29, 1.82) is 0 Å². The lowest BCUT2D eigenvalue weighted by Crippen LogP contribution is -2.60. The minimum Gasteiger partial charge on any atom is -0.394 e. The highest BCUT2D eigenvalue weighted by Crippen LogP contribution is 2.20. The Hall–Kier alpha value is -0.320. The van der Waals surface area contributed by atoms with Crippen molar-refractivity contribution in [1.82, 2.24) is 0 Å². The van der Waals surface area contributed by atoms with Gasteiger partial charge in [-0.15, -0.1) is 0 Å². The molecule has 17 heavy (non-hydrogen) atoms. The average Bonchev–Trinajstić information content (AvgIpc) is 2.33. The molecular formula is C9H18O8. The lowest BCUT2D eigenvalue weighted by molar-refractivity contribution is -0.229. The quantitative estimate of drug-likeness (QED) is 0.265. The molecule has 0 unspecified atom stereocenters. The van der Waals surface area contributed by atoms with Gasteiger partial charge in [0.25, 0.3) is 0 Å². The van der Waals surface area contributed by atoms with Crippen LogP contribution >= 0.6 is 0 Å². The second-order valence-electron chi connectivity index (χ2n) is 4.08. The summed E-state index contributed by atoms with van der Waals surface area (Å²) in [5, 5.41) is 64.8. The SMILES string of the molecule is OC[C@@H](O)[C@H](O)[C@H](O)[C@H]1OC[C@H](O)[C@@H](O)[C@@H]1O. The molecule has 1 aliphatic rings. The zero-order valence-corrected chi connectivity index (χ0v) is 8.99. The van der Waals surface area contributed by atoms with E-state index in [1.807, 2.05) is 0 Å². The van der Waals surface area contributed by atoms with Gasteiger partial charge in [-0.25, -0.2) is 0 Å². The first-order valence-corrected chi connectivity index (χ1v) is 5.21. The highest BCUT2D eigenvalue weighted by Gasteiger charge is 2.44. The third-order valence-corrected chi connectivity index (χ3v) is 2.81. The van der Waals surface area contributed by atoms with Crippen LogP contribution in [0.2, 0.25) is 0 Å². The molecule has 102 valence electrons. The molecule has 0 aromatic rings. The van der Waals surface area contributed by atoms with Crippen LogP contribution in [-0.2, 0) is 4.74 Å². The molecule has 8 heteroatoms. The van der Waals surface area contributed by atoms with Gasteiger partial charge in [-0.05, 0) is 0 Å². The molecule has 0 radical (unpaired) electrons. The highest BCUT2D eigenvalue weighted by atomic mass is 16.5. The van der Waals surface area contributed by atoms with Crippen LogP contribution in [0.15, 0.2) is 0 Å². The van der Waals surface area contributed by atoms with Crippen molar-refractivity contribution in [3.63, 3.8) is 0 Å². The monoisotopic (exact) mass is 254 g/mol. The molecule has 0 amide bonds. The van der Waals surface area contributed by atoms with Gasteiger partial charge in [0, 0.05) is 0 Å². The zero-order valence-electron chi connectivity index (χ0n) is 8.99. The summed E-state index contributed by atoms with van der Waals surface area (Å²) < 4.78 is 4.89. The fourth-order valence-corrected chi connectivity index (χ4v) is 1.66. The molecule has 1 aliphatic heterocycles. The summed E-state index contributed by atoms with van der Waals surface area (Å²) in [5.74, 6) is 0. The molecule has 1 saturated heterocycles. The second-order valence-corrected chi connectivity index (χ2v) is 4.08. The molecule has 7 atom stereocenters. The summed E-state index contributed by atoms with van der Waals surface area (Å²) in [7, 11) is 0. The summed E-state index contributed by atoms with van der Waals surface area (Å²) in [5.41, 5.74) is 0. The number of aliphatic hydroxyl groups excluding tert-OH is 7. The minimum absolute atomic E-state index is 0.318. The largest absolute Gasteiger partial charge is 0.394 e. The van der Waals surface area contributed by atoms with E-state index in [1.54, 1.807) is 0 Å². The van der Waals surface area contributed by atoms with E-state index in [1.165, 1.54) is 0 Å². The van der Waals surface area contributed by atoms with E-state index in [4.69, 9.17) is 14.9 Å². The highest BCUT2D eigenvalue weighted by molar-refractivity contribution is 4.93. The van der Waals surface area contributed by atoms with Gasteiger partial charge in [-0.3, -0.25) is 0 Å². The Labute approximate surface area is 97.3 Å². The summed E-state index contributed by atoms with van der Waals surface area (Å²) in [4.78, 5) is 0. The van der Waals surface area contributed by atoms with Gasteiger partial charge >= 0.3 is 0 Å². The molecule has 1 fully saturated rings. The number of aliphatic hydroxyl groups is 7. The van der Waals surface area contributed by atoms with Crippen LogP contribution < -0.4 is 0 Å². The van der Waals surface area contributed by atoms with Crippen LogP contribution in [-0.4, -0.2) is 91.7 Å². The van der Waals surface area contributed by atoms with E-state index < -0.39 is 49.3 Å². The summed E-state index contributed by atoms with van der Waals surface area (Å²) in [6, 6.07) is 0. The Morgan fingerprint density at radius 3 is 2.18 bits per heavy atom. The Balaban J connectivity index is 2.66. The van der Waals surface area contributed by atoms with Gasteiger partial charge in [0.1, 0.15) is 42.7 Å². The third-order valence-electron chi connectivity index (χ3n) is 2.81. The Morgan fingerprint density at radius 2 is 1.65 bits per heavy atom. The first kappa shape index (κ1) is 14.7. The number of hydrogen-bond acceptors (Lipinski definition) is 8. The molecule has 8 nitrogen and oxygen atoms in total. The first-order chi connectivity index (χ1) is 7.90. The van der Waals surface area contributed by atoms with Crippen LogP contribution in [0, 0.1) is 0 Å². The number of hydrogen-bond donors (Lipinski definition) is 7. The van der Waals surface area contributed by atoms with Crippen molar-refractivity contribution in [3.8, 4) is 0 Å². The predicted octanol–water partition coefficient (Wildman–Crippen LogP) is -4.46. The minimum atomic E-state index is -1.73. The molecule has 7 N–H and O–H groups in total. The molecule has 0 aromatic carbocycles. The summed E-state index contributed by atoms with van der Waals surface area (Å²) in [6.07, 6.45) is -10.8. The molecule has 0 bridgehead atoms. The molecule has 1 heterocycles. The average molecular weight is 254 g/mol. The van der Waals surface area contributed by atoms with E-state index in [9.17, 15) is 25.5 Å². The summed E-state index contributed by atoms with van der Waals surface area (Å²) in [6.45, 7) is -1.09. The standard InChI is InChI=1S/C9H18O8/c10-1-3(11)5(13)7(15)9-8(16)6(14)4(12)2-17-9/h3-16H,1-2H2/t3-,4+,5+,6-,7+,8+,9-/m1/s1. The van der Waals surface area contributed by atoms with Gasteiger partial charge in [0.2, 0.25) is 0 Å². The van der Waals surface area contributed by atoms with Gasteiger partial charge in [-0.2, -0.15) is 0 Å². The number of ether oxygens (including phenoxy) is 1. The lowest BCUT2D eigenvalue weighted by Gasteiger charge is -2.39. The maximum absolute atomic E-state index is 9.62. The van der Waals surface area contributed by atoms with Crippen LogP contribution in [0.1, 0.15) is 0 Å². The van der Waals surface area contributed by atoms with Crippen molar-refractivity contribution < 1.29 is 40.5 Å². The first-order valence-electron chi connectivity index (χ1n) is 5.21. The van der Waals surface area contributed by atoms with E-state index >= 15 is 0 Å². The van der Waals surface area contributed by atoms with E-state index in [-0.39, 0.29) is 6.61 Å². The molecule has 0 aliphatic carbocycles. The van der Waals surface area contributed by atoms with Crippen molar-refractivity contribution in [2.75, 3.05) is 13.2 Å². The molecular weight excluding hydrogens is 236 g/mol. The molecule has 1 rings (SSSR count). The maximum Gasteiger partial charge on any atom is 0.115 e. The van der Waals surface area contributed by atoms with Gasteiger partial charge in [-0.1, -0.05) is 0 Å². The van der Waals surface area contributed by atoms with Crippen molar-refractivity contribution >= 4 is 0 Å². The number of rotatable bonds is 4. The lowest BCUT2D eigenvalue weighted by atomic mass is 9.92. The van der Waals surface area contributed by atoms with Crippen molar-refractivity contribution in [2.45, 2.75) is 42.7 Å². The second kappa shape index (κ2) is 6.03. The van der Waals surface area contributed by atoms with Crippen molar-refractivity contribution in [2.24, 2.45) is 0 Å². The van der Waals surface area contributed by atoms with E-state index in [0.717, 1.165) is 0 Å². The topological polar surface area (TPSA) is 151 Å². The third kappa shape index (κ3) is 3.12. The fourth-order valence-electron chi connectivity index (χ4n) is 1.66. The maximum atomic E-state index is 9.62. The van der Waals surface area contributed by atoms with Crippen LogP contribution in [0.3, 0.4) is 0 Å². The zero-order chi connectivity index (χ0) is 13.2. The molecule has 0 spiro atoms. The molecule has 0 saturated carbocycles. The Morgan fingerprint density at radius 1 is 1.06 bits per heavy atom. The Bertz CT molecular complexity index is 237. The van der Waals surface area contributed by atoms with Crippen LogP contribution in [0.25, 0.3) is 0 Å². The van der Waals surface area contributed by atoms with E-state index in [0.29, 0.717) is 0 Å². The molecule has 0 aromatic heterocycles. The normalized spacial score (nSPS) is 39.7. The van der Waals surface area contributed by atoms with Crippen molar-refractivity contribution in [3.05, 3.63) is 0 Å². The van der Waals surface area contributed by atoms with Gasteiger partial charge in [0.15, 0.2) is 0 Å². The fraction of sp³-hybridized carbons (Fsp3) is 1.00. The summed E-state index contributed by atoms with van der Waals surface area (Å²) >= 11 is 0. The van der Waals surface area contributed by atoms with Crippen LogP contribution in [0.5, 0.6) is 0 Å². The van der Waals surface area contributed by atoms with Gasteiger partial charge < -0.3 is 40.5 Å². The smallest absolute Gasteiger partial charge is 0.115 e. The van der Waals surface area contributed by atoms with Crippen LogP contribution in [0.4, 0.5) is 0 Å².